The van der Waals surface area contributed by atoms with Crippen LogP contribution in [0.4, 0.5) is 0 Å². The van der Waals surface area contributed by atoms with Crippen LogP contribution in [0.15, 0.2) is 35.3 Å². The minimum atomic E-state index is -0.565. The van der Waals surface area contributed by atoms with Crippen LogP contribution in [0.1, 0.15) is 44.0 Å². The van der Waals surface area contributed by atoms with Gasteiger partial charge in [-0.25, -0.2) is 0 Å². The number of carbonyl (C=O) groups excluding carboxylic acids is 1. The fraction of sp³-hybridized carbons (Fsp3) is 0.400. The van der Waals surface area contributed by atoms with E-state index in [0.29, 0.717) is 23.6 Å². The molecule has 0 saturated heterocycles. The van der Waals surface area contributed by atoms with Gasteiger partial charge in [0.05, 0.1) is 5.69 Å². The van der Waals surface area contributed by atoms with Crippen molar-refractivity contribution in [3.8, 4) is 17.3 Å². The monoisotopic (exact) mass is 381 g/mol. The molecule has 4 rings (SSSR count). The van der Waals surface area contributed by atoms with Crippen molar-refractivity contribution >= 4 is 11.6 Å². The van der Waals surface area contributed by atoms with Gasteiger partial charge in [0.2, 0.25) is 5.88 Å². The Hall–Kier alpha value is -3.16. The number of aromatic nitrogens is 4. The number of aromatic hydroxyl groups is 1. The smallest absolute Gasteiger partial charge is 0.270 e. The quantitative estimate of drug-likeness (QED) is 0.721. The van der Waals surface area contributed by atoms with Gasteiger partial charge in [0, 0.05) is 24.8 Å². The number of hydrogen-bond donors (Lipinski definition) is 2. The normalized spacial score (nSPS) is 14.4. The molecule has 0 aliphatic heterocycles. The van der Waals surface area contributed by atoms with Crippen molar-refractivity contribution in [3.63, 3.8) is 0 Å². The van der Waals surface area contributed by atoms with Gasteiger partial charge in [-0.05, 0) is 30.4 Å². The lowest BCUT2D eigenvalue weighted by Crippen LogP contribution is -2.37. The average Bonchev–Trinajstić information content (AvgIpc) is 3.32. The molecule has 0 bridgehead atoms. The summed E-state index contributed by atoms with van der Waals surface area (Å²) >= 11 is 0. The lowest BCUT2D eigenvalue weighted by Gasteiger charge is -2.21. The first kappa shape index (κ1) is 18.2. The first-order chi connectivity index (χ1) is 13.2. The van der Waals surface area contributed by atoms with Crippen LogP contribution in [0, 0.1) is 5.41 Å². The first-order valence-electron chi connectivity index (χ1n) is 9.32. The molecule has 1 aliphatic carbocycles. The Morgan fingerprint density at radius 2 is 2.04 bits per heavy atom. The summed E-state index contributed by atoms with van der Waals surface area (Å²) in [7, 11) is 0. The van der Waals surface area contributed by atoms with E-state index in [-0.39, 0.29) is 17.0 Å². The molecular weight excluding hydrogens is 358 g/mol. The van der Waals surface area contributed by atoms with E-state index in [0.717, 1.165) is 12.8 Å². The third-order valence-electron chi connectivity index (χ3n) is 4.55. The maximum absolute atomic E-state index is 13.2. The average molecular weight is 381 g/mol. The van der Waals surface area contributed by atoms with Gasteiger partial charge in [-0.3, -0.25) is 19.1 Å². The SMILES string of the molecule is CC(C)(C)Cn1c(=O)c(C(=O)NC2CC2)c(O)n2nc(-c3ccccn3)cc12. The molecular formula is C20H23N5O3. The summed E-state index contributed by atoms with van der Waals surface area (Å²) < 4.78 is 2.75. The third-order valence-corrected chi connectivity index (χ3v) is 4.55. The van der Waals surface area contributed by atoms with Crippen molar-refractivity contribution in [2.75, 3.05) is 0 Å². The van der Waals surface area contributed by atoms with Crippen LogP contribution in [0.5, 0.6) is 5.88 Å². The summed E-state index contributed by atoms with van der Waals surface area (Å²) in [6, 6.07) is 7.21. The van der Waals surface area contributed by atoms with Crippen LogP contribution in [0.3, 0.4) is 0 Å². The maximum Gasteiger partial charge on any atom is 0.270 e. The molecule has 1 amide bonds. The molecule has 3 heterocycles. The number of fused-ring (bicyclic) bond motifs is 1. The molecule has 0 spiro atoms. The van der Waals surface area contributed by atoms with Crippen LogP contribution in [0.25, 0.3) is 17.0 Å². The van der Waals surface area contributed by atoms with Gasteiger partial charge in [0.15, 0.2) is 5.56 Å². The molecule has 0 aromatic carbocycles. The molecule has 3 aromatic rings. The highest BCUT2D eigenvalue weighted by Crippen LogP contribution is 2.26. The van der Waals surface area contributed by atoms with Gasteiger partial charge in [-0.2, -0.15) is 9.61 Å². The van der Waals surface area contributed by atoms with E-state index in [1.807, 2.05) is 26.8 Å². The molecule has 8 heteroatoms. The standard InChI is InChI=1S/C20H23N5O3/c1-20(2,3)11-24-15-10-14(13-6-4-5-9-21-13)23-25(15)19(28)16(18(24)27)17(26)22-12-7-8-12/h4-6,9-10,12,28H,7-8,11H2,1-3H3,(H,22,26). The molecule has 3 aromatic heterocycles. The summed E-state index contributed by atoms with van der Waals surface area (Å²) in [4.78, 5) is 30.1. The molecule has 0 unspecified atom stereocenters. The number of hydrogen-bond acceptors (Lipinski definition) is 5. The van der Waals surface area contributed by atoms with Crippen LogP contribution >= 0.6 is 0 Å². The van der Waals surface area contributed by atoms with E-state index >= 15 is 0 Å². The Morgan fingerprint density at radius 3 is 2.64 bits per heavy atom. The van der Waals surface area contributed by atoms with Crippen molar-refractivity contribution in [1.82, 2.24) is 24.5 Å². The molecule has 1 aliphatic rings. The van der Waals surface area contributed by atoms with Gasteiger partial charge in [0.1, 0.15) is 11.3 Å². The minimum absolute atomic E-state index is 0.0692. The molecule has 2 N–H and O–H groups in total. The minimum Gasteiger partial charge on any atom is -0.492 e. The zero-order chi connectivity index (χ0) is 20.1. The lowest BCUT2D eigenvalue weighted by molar-refractivity contribution is 0.0944. The summed E-state index contributed by atoms with van der Waals surface area (Å²) in [6.45, 7) is 6.38. The summed E-state index contributed by atoms with van der Waals surface area (Å²) in [5, 5.41) is 17.9. The Labute approximate surface area is 161 Å². The van der Waals surface area contributed by atoms with Gasteiger partial charge in [-0.15, -0.1) is 0 Å². The van der Waals surface area contributed by atoms with Crippen LogP contribution in [0.2, 0.25) is 0 Å². The number of rotatable bonds is 4. The predicted molar refractivity (Wildman–Crippen MR) is 104 cm³/mol. The lowest BCUT2D eigenvalue weighted by atomic mass is 9.97. The zero-order valence-electron chi connectivity index (χ0n) is 16.1. The largest absolute Gasteiger partial charge is 0.492 e. The summed E-state index contributed by atoms with van der Waals surface area (Å²) in [6.07, 6.45) is 3.42. The highest BCUT2D eigenvalue weighted by atomic mass is 16.3. The Bertz CT molecular complexity index is 1100. The fourth-order valence-electron chi connectivity index (χ4n) is 3.11. The van der Waals surface area contributed by atoms with E-state index in [1.165, 1.54) is 9.08 Å². The summed E-state index contributed by atoms with van der Waals surface area (Å²) in [5.41, 5.74) is 0.522. The molecule has 8 nitrogen and oxygen atoms in total. The van der Waals surface area contributed by atoms with Crippen molar-refractivity contribution in [1.29, 1.82) is 0 Å². The van der Waals surface area contributed by atoms with E-state index < -0.39 is 17.3 Å². The van der Waals surface area contributed by atoms with Crippen LogP contribution in [-0.2, 0) is 6.54 Å². The second-order valence-corrected chi connectivity index (χ2v) is 8.41. The predicted octanol–water partition coefficient (Wildman–Crippen LogP) is 2.20. The topological polar surface area (TPSA) is 102 Å². The fourth-order valence-corrected chi connectivity index (χ4v) is 3.11. The van der Waals surface area contributed by atoms with Crippen LogP contribution in [-0.4, -0.2) is 36.2 Å². The highest BCUT2D eigenvalue weighted by Gasteiger charge is 2.30. The molecule has 28 heavy (non-hydrogen) atoms. The van der Waals surface area contributed by atoms with Gasteiger partial charge < -0.3 is 10.4 Å². The van der Waals surface area contributed by atoms with Gasteiger partial charge in [0.25, 0.3) is 11.5 Å². The van der Waals surface area contributed by atoms with Gasteiger partial charge in [-0.1, -0.05) is 26.8 Å². The first-order valence-corrected chi connectivity index (χ1v) is 9.32. The second-order valence-electron chi connectivity index (χ2n) is 8.41. The Morgan fingerprint density at radius 1 is 1.29 bits per heavy atom. The number of nitrogens with zero attached hydrogens (tertiary/aromatic N) is 4. The molecule has 0 atom stereocenters. The van der Waals surface area contributed by atoms with Crippen molar-refractivity contribution in [3.05, 3.63) is 46.4 Å². The number of amides is 1. The Balaban J connectivity index is 1.95. The Kier molecular flexibility index (Phi) is 4.21. The van der Waals surface area contributed by atoms with Crippen molar-refractivity contribution < 1.29 is 9.90 Å². The second kappa shape index (κ2) is 6.47. The van der Waals surface area contributed by atoms with E-state index in [4.69, 9.17) is 0 Å². The number of nitrogens with one attached hydrogen (secondary N) is 1. The van der Waals surface area contributed by atoms with Crippen LogP contribution < -0.4 is 10.9 Å². The summed E-state index contributed by atoms with van der Waals surface area (Å²) in [5.74, 6) is -1.02. The van der Waals surface area contributed by atoms with E-state index in [1.54, 1.807) is 24.4 Å². The molecule has 1 fully saturated rings. The molecule has 146 valence electrons. The zero-order valence-corrected chi connectivity index (χ0v) is 16.1. The van der Waals surface area contributed by atoms with Crippen molar-refractivity contribution in [2.45, 2.75) is 46.2 Å². The van der Waals surface area contributed by atoms with Crippen molar-refractivity contribution in [2.24, 2.45) is 5.41 Å². The number of pyridine rings is 1. The van der Waals surface area contributed by atoms with Gasteiger partial charge >= 0.3 is 0 Å². The number of carbonyl (C=O) groups is 1. The van der Waals surface area contributed by atoms with E-state index in [2.05, 4.69) is 15.4 Å². The highest BCUT2D eigenvalue weighted by molar-refractivity contribution is 5.96. The molecule has 1 saturated carbocycles. The third kappa shape index (κ3) is 3.37. The van der Waals surface area contributed by atoms with E-state index in [9.17, 15) is 14.7 Å². The molecule has 0 radical (unpaired) electrons. The maximum atomic E-state index is 13.2.